The lowest BCUT2D eigenvalue weighted by Crippen LogP contribution is -2.19. The number of carbonyl (C=O) groups is 1. The highest BCUT2D eigenvalue weighted by Crippen LogP contribution is 2.11. The molecule has 1 rings (SSSR count). The Balaban J connectivity index is 2.10. The molecule has 0 heterocycles. The first-order valence-electron chi connectivity index (χ1n) is 8.19. The predicted octanol–water partition coefficient (Wildman–Crippen LogP) is 4.09. The van der Waals surface area contributed by atoms with Gasteiger partial charge in [-0.25, -0.2) is 5.43 Å². The number of ether oxygens (including phenoxy) is 1. The summed E-state index contributed by atoms with van der Waals surface area (Å²) in [6, 6.07) is 7.48. The van der Waals surface area contributed by atoms with Gasteiger partial charge in [-0.2, -0.15) is 5.10 Å². The number of hydrogen-bond acceptors (Lipinski definition) is 3. The van der Waals surface area contributed by atoms with Crippen molar-refractivity contribution in [3.8, 4) is 5.75 Å². The molecule has 0 aliphatic heterocycles. The molecular weight excluding hydrogens is 276 g/mol. The minimum Gasteiger partial charge on any atom is -0.497 e. The molecule has 0 aromatic heterocycles. The molecule has 0 spiro atoms. The van der Waals surface area contributed by atoms with Crippen molar-refractivity contribution < 1.29 is 9.53 Å². The maximum atomic E-state index is 11.7. The van der Waals surface area contributed by atoms with Crippen molar-refractivity contribution in [3.05, 3.63) is 29.8 Å². The number of amides is 1. The van der Waals surface area contributed by atoms with E-state index in [1.165, 1.54) is 32.1 Å². The lowest BCUT2D eigenvalue weighted by Gasteiger charge is -2.02. The third-order valence-corrected chi connectivity index (χ3v) is 3.49. The normalized spacial score (nSPS) is 10.8. The topological polar surface area (TPSA) is 50.7 Å². The molecule has 0 radical (unpaired) electrons. The van der Waals surface area contributed by atoms with Gasteiger partial charge < -0.3 is 4.74 Å². The van der Waals surface area contributed by atoms with Crippen LogP contribution in [0.5, 0.6) is 5.75 Å². The third-order valence-electron chi connectivity index (χ3n) is 3.49. The van der Waals surface area contributed by atoms with E-state index in [0.29, 0.717) is 6.42 Å². The zero-order chi connectivity index (χ0) is 16.0. The van der Waals surface area contributed by atoms with Crippen LogP contribution in [0, 0.1) is 0 Å². The van der Waals surface area contributed by atoms with E-state index in [0.717, 1.165) is 24.2 Å². The average molecular weight is 304 g/mol. The number of methoxy groups -OCH3 is 1. The molecule has 0 unspecified atom stereocenters. The second kappa shape index (κ2) is 11.8. The van der Waals surface area contributed by atoms with E-state index >= 15 is 0 Å². The highest BCUT2D eigenvalue weighted by molar-refractivity contribution is 5.79. The van der Waals surface area contributed by atoms with Crippen molar-refractivity contribution in [2.75, 3.05) is 7.11 Å². The molecular formula is C18H28N2O2. The first-order chi connectivity index (χ1) is 10.8. The van der Waals surface area contributed by atoms with Gasteiger partial charge in [-0.1, -0.05) is 51.2 Å². The maximum Gasteiger partial charge on any atom is 0.244 e. The number of hydrazone groups is 1. The van der Waals surface area contributed by atoms with Gasteiger partial charge in [0.15, 0.2) is 0 Å². The summed E-state index contributed by atoms with van der Waals surface area (Å²) in [5.41, 5.74) is 3.52. The minimum absolute atomic E-state index is 0.0932. The highest BCUT2D eigenvalue weighted by atomic mass is 16.5. The zero-order valence-corrected chi connectivity index (χ0v) is 13.8. The fourth-order valence-electron chi connectivity index (χ4n) is 2.17. The number of nitrogens with zero attached hydrogens (tertiary/aromatic N) is 1. The quantitative estimate of drug-likeness (QED) is 0.380. The van der Waals surface area contributed by atoms with Gasteiger partial charge in [0.1, 0.15) is 5.75 Å². The molecule has 4 heteroatoms. The fraction of sp³-hybridized carbons (Fsp3) is 0.556. The summed E-state index contributed by atoms with van der Waals surface area (Å²) in [6.07, 6.45) is 10.7. The van der Waals surface area contributed by atoms with E-state index in [1.54, 1.807) is 13.3 Å². The molecule has 0 bridgehead atoms. The van der Waals surface area contributed by atoms with Crippen molar-refractivity contribution >= 4 is 12.1 Å². The van der Waals surface area contributed by atoms with Crippen LogP contribution < -0.4 is 10.2 Å². The Morgan fingerprint density at radius 3 is 2.50 bits per heavy atom. The van der Waals surface area contributed by atoms with Crippen LogP contribution >= 0.6 is 0 Å². The average Bonchev–Trinajstić information content (AvgIpc) is 2.54. The Morgan fingerprint density at radius 2 is 1.82 bits per heavy atom. The molecule has 0 atom stereocenters. The van der Waals surface area contributed by atoms with Gasteiger partial charge in [0.05, 0.1) is 13.5 Å². The summed E-state index contributed by atoms with van der Waals surface area (Å²) < 4.78 is 5.08. The van der Waals surface area contributed by atoms with Crippen molar-refractivity contribution in [2.45, 2.75) is 58.3 Å². The Hall–Kier alpha value is -1.84. The number of nitrogens with one attached hydrogen (secondary N) is 1. The Bertz CT molecular complexity index is 441. The summed E-state index contributed by atoms with van der Waals surface area (Å²) in [5, 5.41) is 3.99. The molecule has 22 heavy (non-hydrogen) atoms. The van der Waals surface area contributed by atoms with Gasteiger partial charge in [0.25, 0.3) is 0 Å². The molecule has 0 aliphatic rings. The zero-order valence-electron chi connectivity index (χ0n) is 13.8. The first-order valence-corrected chi connectivity index (χ1v) is 8.19. The van der Waals surface area contributed by atoms with Gasteiger partial charge in [0, 0.05) is 6.21 Å². The van der Waals surface area contributed by atoms with Crippen LogP contribution in [0.15, 0.2) is 29.4 Å². The van der Waals surface area contributed by atoms with Gasteiger partial charge in [-0.3, -0.25) is 4.79 Å². The van der Waals surface area contributed by atoms with E-state index in [4.69, 9.17) is 4.74 Å². The standard InChI is InChI=1S/C18H28N2O2/c1-3-4-5-6-7-8-9-14-19-20-18(21)15-16-10-12-17(22-2)13-11-16/h10-14H,3-9,15H2,1-2H3,(H,20,21)/b19-14+. The van der Waals surface area contributed by atoms with E-state index in [-0.39, 0.29) is 5.91 Å². The molecule has 1 N–H and O–H groups in total. The Labute approximate surface area is 134 Å². The van der Waals surface area contributed by atoms with Crippen molar-refractivity contribution in [1.29, 1.82) is 0 Å². The molecule has 1 aromatic rings. The summed E-state index contributed by atoms with van der Waals surface area (Å²) in [5.74, 6) is 0.700. The van der Waals surface area contributed by atoms with Crippen molar-refractivity contribution in [3.63, 3.8) is 0 Å². The SMILES string of the molecule is CCCCCCCC/C=N/NC(=O)Cc1ccc(OC)cc1. The largest absolute Gasteiger partial charge is 0.497 e. The van der Waals surface area contributed by atoms with Crippen LogP contribution in [0.25, 0.3) is 0 Å². The molecule has 0 fully saturated rings. The second-order valence-electron chi connectivity index (χ2n) is 5.43. The monoisotopic (exact) mass is 304 g/mol. The van der Waals surface area contributed by atoms with Gasteiger partial charge >= 0.3 is 0 Å². The molecule has 0 saturated heterocycles. The van der Waals surface area contributed by atoms with Gasteiger partial charge in [-0.05, 0) is 30.5 Å². The summed E-state index contributed by atoms with van der Waals surface area (Å²) >= 11 is 0. The van der Waals surface area contributed by atoms with Gasteiger partial charge in [-0.15, -0.1) is 0 Å². The molecule has 1 aromatic carbocycles. The molecule has 122 valence electrons. The molecule has 0 aliphatic carbocycles. The number of unbranched alkanes of at least 4 members (excludes halogenated alkanes) is 6. The summed E-state index contributed by atoms with van der Waals surface area (Å²) in [6.45, 7) is 2.22. The van der Waals surface area contributed by atoms with Crippen molar-refractivity contribution in [2.24, 2.45) is 5.10 Å². The van der Waals surface area contributed by atoms with Gasteiger partial charge in [0.2, 0.25) is 5.91 Å². The van der Waals surface area contributed by atoms with Crippen LogP contribution in [0.1, 0.15) is 57.4 Å². The smallest absolute Gasteiger partial charge is 0.244 e. The number of rotatable bonds is 11. The summed E-state index contributed by atoms with van der Waals surface area (Å²) in [4.78, 5) is 11.7. The minimum atomic E-state index is -0.0932. The van der Waals surface area contributed by atoms with Crippen LogP contribution in [0.4, 0.5) is 0 Å². The lowest BCUT2D eigenvalue weighted by atomic mass is 10.1. The Kier molecular flexibility index (Phi) is 9.75. The first kappa shape index (κ1) is 18.2. The van der Waals surface area contributed by atoms with Crippen LogP contribution in [-0.2, 0) is 11.2 Å². The van der Waals surface area contributed by atoms with Crippen LogP contribution in [-0.4, -0.2) is 19.2 Å². The predicted molar refractivity (Wildman–Crippen MR) is 91.3 cm³/mol. The highest BCUT2D eigenvalue weighted by Gasteiger charge is 2.02. The van der Waals surface area contributed by atoms with E-state index in [1.807, 2.05) is 24.3 Å². The van der Waals surface area contributed by atoms with Crippen LogP contribution in [0.3, 0.4) is 0 Å². The van der Waals surface area contributed by atoms with E-state index < -0.39 is 0 Å². The van der Waals surface area contributed by atoms with Crippen LogP contribution in [0.2, 0.25) is 0 Å². The lowest BCUT2D eigenvalue weighted by molar-refractivity contribution is -0.120. The molecule has 0 saturated carbocycles. The molecule has 4 nitrogen and oxygen atoms in total. The van der Waals surface area contributed by atoms with E-state index in [2.05, 4.69) is 17.5 Å². The second-order valence-corrected chi connectivity index (χ2v) is 5.43. The van der Waals surface area contributed by atoms with Crippen molar-refractivity contribution in [1.82, 2.24) is 5.43 Å². The molecule has 1 amide bonds. The maximum absolute atomic E-state index is 11.7. The number of hydrogen-bond donors (Lipinski definition) is 1. The number of benzene rings is 1. The number of carbonyl (C=O) groups excluding carboxylic acids is 1. The fourth-order valence-corrected chi connectivity index (χ4v) is 2.17. The summed E-state index contributed by atoms with van der Waals surface area (Å²) in [7, 11) is 1.63. The Morgan fingerprint density at radius 1 is 1.14 bits per heavy atom. The third kappa shape index (κ3) is 8.45. The van der Waals surface area contributed by atoms with E-state index in [9.17, 15) is 4.79 Å².